The average molecular weight is 347 g/mol. The predicted molar refractivity (Wildman–Crippen MR) is 83.5 cm³/mol. The Hall–Kier alpha value is -0.100. The highest BCUT2D eigenvalue weighted by molar-refractivity contribution is 9.10. The van der Waals surface area contributed by atoms with Crippen molar-refractivity contribution in [3.8, 4) is 0 Å². The lowest BCUT2D eigenvalue weighted by Crippen LogP contribution is -2.31. The van der Waals surface area contributed by atoms with Crippen LogP contribution < -0.4 is 11.3 Å². The standard InChI is InChI=1S/C14H20BrFN2S/c15-12-8-4-7-11(14(12)16)13(18-17)9-19-10-5-2-1-3-6-10/h4,7-8,10,13,18H,1-3,5-6,9,17H2. The minimum atomic E-state index is -0.213. The molecule has 0 heterocycles. The van der Waals surface area contributed by atoms with Crippen LogP contribution in [0, 0.1) is 5.82 Å². The van der Waals surface area contributed by atoms with Crippen LogP contribution in [0.25, 0.3) is 0 Å². The summed E-state index contributed by atoms with van der Waals surface area (Å²) in [5, 5.41) is 0.708. The van der Waals surface area contributed by atoms with Crippen molar-refractivity contribution >= 4 is 27.7 Å². The summed E-state index contributed by atoms with van der Waals surface area (Å²) in [5.74, 6) is 6.19. The van der Waals surface area contributed by atoms with Crippen molar-refractivity contribution in [2.24, 2.45) is 5.84 Å². The number of hydrogen-bond donors (Lipinski definition) is 2. The van der Waals surface area contributed by atoms with E-state index >= 15 is 0 Å². The van der Waals surface area contributed by atoms with Gasteiger partial charge in [0.05, 0.1) is 10.5 Å². The van der Waals surface area contributed by atoms with E-state index in [-0.39, 0.29) is 11.9 Å². The SMILES string of the molecule is NNC(CSC1CCCCC1)c1cccc(Br)c1F. The summed E-state index contributed by atoms with van der Waals surface area (Å²) in [6, 6.07) is 5.22. The van der Waals surface area contributed by atoms with Gasteiger partial charge in [-0.1, -0.05) is 31.4 Å². The number of halogens is 2. The van der Waals surface area contributed by atoms with E-state index in [1.165, 1.54) is 32.1 Å². The number of thioether (sulfide) groups is 1. The van der Waals surface area contributed by atoms with Gasteiger partial charge in [-0.25, -0.2) is 4.39 Å². The zero-order chi connectivity index (χ0) is 13.7. The van der Waals surface area contributed by atoms with Crippen LogP contribution in [0.3, 0.4) is 0 Å². The minimum Gasteiger partial charge on any atom is -0.271 e. The van der Waals surface area contributed by atoms with Crippen molar-refractivity contribution in [2.45, 2.75) is 43.4 Å². The highest BCUT2D eigenvalue weighted by Gasteiger charge is 2.20. The molecule has 0 amide bonds. The molecule has 0 saturated heterocycles. The average Bonchev–Trinajstić information content (AvgIpc) is 2.45. The molecule has 1 aromatic carbocycles. The maximum absolute atomic E-state index is 14.1. The Morgan fingerprint density at radius 2 is 2.11 bits per heavy atom. The highest BCUT2D eigenvalue weighted by atomic mass is 79.9. The molecule has 2 nitrogen and oxygen atoms in total. The maximum Gasteiger partial charge on any atom is 0.142 e. The smallest absolute Gasteiger partial charge is 0.142 e. The normalized spacial score (nSPS) is 18.5. The highest BCUT2D eigenvalue weighted by Crippen LogP contribution is 2.32. The summed E-state index contributed by atoms with van der Waals surface area (Å²) in [4.78, 5) is 0. The number of hydrazine groups is 1. The molecule has 1 aromatic rings. The van der Waals surface area contributed by atoms with Crippen molar-refractivity contribution in [2.75, 3.05) is 5.75 Å². The number of nitrogens with one attached hydrogen (secondary N) is 1. The minimum absolute atomic E-state index is 0.135. The molecule has 0 aliphatic heterocycles. The van der Waals surface area contributed by atoms with Gasteiger partial charge in [0.15, 0.2) is 0 Å². The van der Waals surface area contributed by atoms with Crippen LogP contribution in [0.15, 0.2) is 22.7 Å². The van der Waals surface area contributed by atoms with Crippen molar-refractivity contribution in [3.63, 3.8) is 0 Å². The molecule has 0 spiro atoms. The Morgan fingerprint density at radius 3 is 2.79 bits per heavy atom. The largest absolute Gasteiger partial charge is 0.271 e. The molecule has 1 fully saturated rings. The van der Waals surface area contributed by atoms with E-state index in [2.05, 4.69) is 21.4 Å². The van der Waals surface area contributed by atoms with Gasteiger partial charge in [0, 0.05) is 16.6 Å². The van der Waals surface area contributed by atoms with Gasteiger partial charge in [0.1, 0.15) is 5.82 Å². The second-order valence-electron chi connectivity index (χ2n) is 4.96. The third kappa shape index (κ3) is 4.18. The van der Waals surface area contributed by atoms with Gasteiger partial charge in [-0.05, 0) is 34.8 Å². The Bertz CT molecular complexity index is 410. The van der Waals surface area contributed by atoms with Crippen LogP contribution >= 0.6 is 27.7 Å². The Morgan fingerprint density at radius 1 is 1.37 bits per heavy atom. The van der Waals surface area contributed by atoms with Gasteiger partial charge in [-0.3, -0.25) is 11.3 Å². The van der Waals surface area contributed by atoms with Crippen molar-refractivity contribution in [3.05, 3.63) is 34.1 Å². The van der Waals surface area contributed by atoms with Crippen molar-refractivity contribution in [1.29, 1.82) is 0 Å². The van der Waals surface area contributed by atoms with E-state index in [1.54, 1.807) is 12.1 Å². The second-order valence-corrected chi connectivity index (χ2v) is 7.14. The van der Waals surface area contributed by atoms with Gasteiger partial charge in [-0.2, -0.15) is 11.8 Å². The molecular weight excluding hydrogens is 327 g/mol. The monoisotopic (exact) mass is 346 g/mol. The third-order valence-corrected chi connectivity index (χ3v) is 5.69. The summed E-state index contributed by atoms with van der Waals surface area (Å²) < 4.78 is 14.5. The molecule has 19 heavy (non-hydrogen) atoms. The maximum atomic E-state index is 14.1. The number of hydrogen-bond acceptors (Lipinski definition) is 3. The molecule has 1 unspecified atom stereocenters. The van der Waals surface area contributed by atoms with Gasteiger partial charge >= 0.3 is 0 Å². The van der Waals surface area contributed by atoms with Gasteiger partial charge in [-0.15, -0.1) is 0 Å². The molecule has 0 radical (unpaired) electrons. The molecule has 2 rings (SSSR count). The topological polar surface area (TPSA) is 38.0 Å². The van der Waals surface area contributed by atoms with E-state index in [4.69, 9.17) is 5.84 Å². The van der Waals surface area contributed by atoms with E-state index in [0.29, 0.717) is 15.3 Å². The Kier molecular flexibility index (Phi) is 6.13. The molecule has 1 atom stereocenters. The summed E-state index contributed by atoms with van der Waals surface area (Å²) in [6.07, 6.45) is 6.56. The van der Waals surface area contributed by atoms with E-state index < -0.39 is 0 Å². The molecular formula is C14H20BrFN2S. The number of nitrogens with two attached hydrogens (primary N) is 1. The zero-order valence-corrected chi connectivity index (χ0v) is 13.3. The third-order valence-electron chi connectivity index (χ3n) is 3.61. The summed E-state index contributed by atoms with van der Waals surface area (Å²) >= 11 is 5.14. The molecule has 0 bridgehead atoms. The first-order valence-electron chi connectivity index (χ1n) is 6.74. The summed E-state index contributed by atoms with van der Waals surface area (Å²) in [7, 11) is 0. The van der Waals surface area contributed by atoms with Crippen LogP contribution in [0.5, 0.6) is 0 Å². The number of benzene rings is 1. The van der Waals surface area contributed by atoms with E-state index in [1.807, 2.05) is 17.8 Å². The van der Waals surface area contributed by atoms with Gasteiger partial charge in [0.2, 0.25) is 0 Å². The Labute approximate surface area is 126 Å². The van der Waals surface area contributed by atoms with Crippen molar-refractivity contribution < 1.29 is 4.39 Å². The Balaban J connectivity index is 1.97. The van der Waals surface area contributed by atoms with E-state index in [0.717, 1.165) is 5.75 Å². The summed E-state index contributed by atoms with van der Waals surface area (Å²) in [5.41, 5.74) is 3.38. The molecule has 106 valence electrons. The molecule has 1 saturated carbocycles. The molecule has 1 aliphatic rings. The lowest BCUT2D eigenvalue weighted by Gasteiger charge is -2.24. The van der Waals surface area contributed by atoms with Gasteiger partial charge < -0.3 is 0 Å². The van der Waals surface area contributed by atoms with Crippen molar-refractivity contribution in [1.82, 2.24) is 5.43 Å². The fourth-order valence-corrected chi connectivity index (χ4v) is 4.27. The molecule has 5 heteroatoms. The van der Waals surface area contributed by atoms with Crippen LogP contribution in [0.1, 0.15) is 43.7 Å². The molecule has 1 aliphatic carbocycles. The van der Waals surface area contributed by atoms with Gasteiger partial charge in [0.25, 0.3) is 0 Å². The molecule has 0 aromatic heterocycles. The van der Waals surface area contributed by atoms with Crippen LogP contribution in [-0.4, -0.2) is 11.0 Å². The lowest BCUT2D eigenvalue weighted by atomic mass is 10.0. The first-order chi connectivity index (χ1) is 9.22. The van der Waals surface area contributed by atoms with Crippen LogP contribution in [0.4, 0.5) is 4.39 Å². The zero-order valence-electron chi connectivity index (χ0n) is 10.9. The second kappa shape index (κ2) is 7.62. The fourth-order valence-electron chi connectivity index (χ4n) is 2.48. The predicted octanol–water partition coefficient (Wildman–Crippen LogP) is 4.16. The first-order valence-corrected chi connectivity index (χ1v) is 8.58. The van der Waals surface area contributed by atoms with E-state index in [9.17, 15) is 4.39 Å². The number of rotatable bonds is 5. The first kappa shape index (κ1) is 15.3. The fraction of sp³-hybridized carbons (Fsp3) is 0.571. The lowest BCUT2D eigenvalue weighted by molar-refractivity contribution is 0.512. The quantitative estimate of drug-likeness (QED) is 0.621. The van der Waals surface area contributed by atoms with Crippen LogP contribution in [0.2, 0.25) is 0 Å². The summed E-state index contributed by atoms with van der Waals surface area (Å²) in [6.45, 7) is 0. The van der Waals surface area contributed by atoms with Crippen LogP contribution in [-0.2, 0) is 0 Å². The molecule has 3 N–H and O–H groups in total.